The monoisotopic (exact) mass is 629 g/mol. The first-order valence-electron chi connectivity index (χ1n) is 14.0. The number of sulfonamides is 1. The molecule has 0 bridgehead atoms. The highest BCUT2D eigenvalue weighted by Gasteiger charge is 2.52. The third-order valence-electron chi connectivity index (χ3n) is 8.58. The number of aryl methyl sites for hydroxylation is 3. The van der Waals surface area contributed by atoms with E-state index in [9.17, 15) is 31.5 Å². The normalized spacial score (nSPS) is 18.8. The summed E-state index contributed by atoms with van der Waals surface area (Å²) >= 11 is 0. The Kier molecular flexibility index (Phi) is 7.00. The lowest BCUT2D eigenvalue weighted by Crippen LogP contribution is -2.38. The van der Waals surface area contributed by atoms with Crippen LogP contribution in [0.1, 0.15) is 64.9 Å². The molecule has 14 heteroatoms. The Balaban J connectivity index is 1.43. The maximum Gasteiger partial charge on any atom is 0.452 e. The molecule has 1 spiro atoms. The number of rotatable bonds is 6. The van der Waals surface area contributed by atoms with E-state index in [1.165, 1.54) is 23.5 Å². The summed E-state index contributed by atoms with van der Waals surface area (Å²) in [6, 6.07) is 8.36. The predicted octanol–water partition coefficient (Wildman–Crippen LogP) is 5.04. The van der Waals surface area contributed by atoms with Gasteiger partial charge < -0.3 is 9.84 Å². The van der Waals surface area contributed by atoms with Crippen molar-refractivity contribution in [3.05, 3.63) is 81.9 Å². The van der Waals surface area contributed by atoms with Crippen LogP contribution in [0.25, 0.3) is 5.65 Å². The molecule has 2 aliphatic rings. The second-order valence-electron chi connectivity index (χ2n) is 11.8. The van der Waals surface area contributed by atoms with Crippen molar-refractivity contribution in [1.82, 2.24) is 23.9 Å². The minimum atomic E-state index is -4.72. The Labute approximate surface area is 251 Å². The molecule has 10 nitrogen and oxygen atoms in total. The Hall–Kier alpha value is -4.04. The summed E-state index contributed by atoms with van der Waals surface area (Å²) in [4.78, 5) is 16.6. The van der Waals surface area contributed by atoms with Crippen LogP contribution in [0.15, 0.2) is 47.6 Å². The maximum absolute atomic E-state index is 13.9. The van der Waals surface area contributed by atoms with Crippen LogP contribution in [-0.4, -0.2) is 55.5 Å². The standard InChI is InChI=1S/C30H30F3N5O5S/c1-16-11-23-26(34-13-16)43-29(8-9-29)15-37(44(23,41)42)14-21-12-20(6-5-17(21)2)24(19(4)27(39)40)22-7-10-38-25(18(22)3)35-36-28(38)30(31,32)33/h5-7,10-13,19,24H,8-9,14-15H2,1-4H3,(H,39,40)/t19-,24-/m1/s1. The molecule has 4 heterocycles. The van der Waals surface area contributed by atoms with Crippen molar-refractivity contribution >= 4 is 21.6 Å². The first kappa shape index (κ1) is 30.0. The van der Waals surface area contributed by atoms with Crippen LogP contribution in [0.4, 0.5) is 13.2 Å². The number of fused-ring (bicyclic) bond motifs is 2. The second-order valence-corrected chi connectivity index (χ2v) is 13.7. The molecule has 1 saturated carbocycles. The number of carboxylic acids is 1. The zero-order valence-electron chi connectivity index (χ0n) is 24.4. The molecule has 1 aromatic carbocycles. The summed E-state index contributed by atoms with van der Waals surface area (Å²) < 4.78 is 76.7. The minimum Gasteiger partial charge on any atom is -0.481 e. The zero-order valence-corrected chi connectivity index (χ0v) is 25.2. The first-order valence-corrected chi connectivity index (χ1v) is 15.4. The molecule has 6 rings (SSSR count). The summed E-state index contributed by atoms with van der Waals surface area (Å²) in [5.74, 6) is -3.96. The lowest BCUT2D eigenvalue weighted by molar-refractivity contribution is -0.145. The van der Waals surface area contributed by atoms with E-state index in [-0.39, 0.29) is 29.5 Å². The van der Waals surface area contributed by atoms with Crippen molar-refractivity contribution in [2.75, 3.05) is 6.54 Å². The highest BCUT2D eigenvalue weighted by molar-refractivity contribution is 7.89. The number of carboxylic acid groups (broad SMARTS) is 1. The summed E-state index contributed by atoms with van der Waals surface area (Å²) in [5.41, 5.74) is 2.85. The third kappa shape index (κ3) is 5.09. The van der Waals surface area contributed by atoms with Gasteiger partial charge >= 0.3 is 12.1 Å². The molecular weight excluding hydrogens is 599 g/mol. The average molecular weight is 630 g/mol. The topological polar surface area (TPSA) is 127 Å². The number of aromatic nitrogens is 4. The number of benzene rings is 1. The number of halogens is 3. The van der Waals surface area contributed by atoms with Crippen LogP contribution in [-0.2, 0) is 27.5 Å². The highest BCUT2D eigenvalue weighted by Crippen LogP contribution is 2.46. The van der Waals surface area contributed by atoms with E-state index in [4.69, 9.17) is 4.74 Å². The van der Waals surface area contributed by atoms with Gasteiger partial charge in [-0.05, 0) is 79.1 Å². The van der Waals surface area contributed by atoms with Gasteiger partial charge in [0.1, 0.15) is 10.5 Å². The predicted molar refractivity (Wildman–Crippen MR) is 152 cm³/mol. The fraction of sp³-hybridized carbons (Fsp3) is 0.400. The van der Waals surface area contributed by atoms with E-state index in [0.29, 0.717) is 40.7 Å². The smallest absolute Gasteiger partial charge is 0.452 e. The van der Waals surface area contributed by atoms with E-state index in [1.807, 2.05) is 6.92 Å². The number of pyridine rings is 2. The number of carbonyl (C=O) groups is 1. The lowest BCUT2D eigenvalue weighted by atomic mass is 9.79. The van der Waals surface area contributed by atoms with E-state index in [2.05, 4.69) is 15.2 Å². The first-order chi connectivity index (χ1) is 20.6. The van der Waals surface area contributed by atoms with Gasteiger partial charge in [0.2, 0.25) is 21.7 Å². The quantitative estimate of drug-likeness (QED) is 0.315. The summed E-state index contributed by atoms with van der Waals surface area (Å²) in [6.45, 7) is 6.85. The third-order valence-corrected chi connectivity index (χ3v) is 10.4. The van der Waals surface area contributed by atoms with Gasteiger partial charge in [-0.25, -0.2) is 13.4 Å². The van der Waals surface area contributed by atoms with Gasteiger partial charge in [0, 0.05) is 24.9 Å². The van der Waals surface area contributed by atoms with Crippen LogP contribution in [0.5, 0.6) is 5.88 Å². The van der Waals surface area contributed by atoms with E-state index < -0.39 is 45.4 Å². The van der Waals surface area contributed by atoms with E-state index in [1.54, 1.807) is 44.3 Å². The summed E-state index contributed by atoms with van der Waals surface area (Å²) in [7, 11) is -4.00. The van der Waals surface area contributed by atoms with E-state index >= 15 is 0 Å². The van der Waals surface area contributed by atoms with Crippen LogP contribution in [0.2, 0.25) is 0 Å². The van der Waals surface area contributed by atoms with Crippen LogP contribution < -0.4 is 4.74 Å². The molecule has 44 heavy (non-hydrogen) atoms. The number of ether oxygens (including phenoxy) is 1. The SMILES string of the molecule is Cc1cnc2c(c1)S(=O)(=O)N(Cc1cc([C@H](c3ccn4c(C(F)(F)F)nnc4c3C)[C@@H](C)C(=O)O)ccc1C)CC1(CC1)O2. The van der Waals surface area contributed by atoms with Gasteiger partial charge in [0.15, 0.2) is 5.65 Å². The number of nitrogens with zero attached hydrogens (tertiary/aromatic N) is 5. The highest BCUT2D eigenvalue weighted by atomic mass is 32.2. The molecule has 0 saturated heterocycles. The van der Waals surface area contributed by atoms with Crippen molar-refractivity contribution in [2.45, 2.75) is 69.7 Å². The number of alkyl halides is 3. The molecular formula is C30H30F3N5O5S. The number of hydrogen-bond donors (Lipinski definition) is 1. The Morgan fingerprint density at radius 2 is 1.86 bits per heavy atom. The minimum absolute atomic E-state index is 0.00270. The van der Waals surface area contributed by atoms with Gasteiger partial charge in [0.25, 0.3) is 0 Å². The molecule has 0 amide bonds. The fourth-order valence-corrected chi connectivity index (χ4v) is 7.51. The average Bonchev–Trinajstić information content (AvgIpc) is 3.56. The maximum atomic E-state index is 13.9. The molecule has 4 aromatic rings. The Bertz CT molecular complexity index is 1920. The van der Waals surface area contributed by atoms with Crippen LogP contribution >= 0.6 is 0 Å². The van der Waals surface area contributed by atoms with E-state index in [0.717, 1.165) is 9.96 Å². The Morgan fingerprint density at radius 1 is 1.14 bits per heavy atom. The van der Waals surface area contributed by atoms with Crippen molar-refractivity contribution in [2.24, 2.45) is 5.92 Å². The molecule has 1 fully saturated rings. The van der Waals surface area contributed by atoms with Crippen molar-refractivity contribution in [3.63, 3.8) is 0 Å². The molecule has 3 aromatic heterocycles. The summed E-state index contributed by atoms with van der Waals surface area (Å²) in [5, 5.41) is 17.1. The zero-order chi connectivity index (χ0) is 31.8. The second kappa shape index (κ2) is 10.3. The summed E-state index contributed by atoms with van der Waals surface area (Å²) in [6.07, 6.45) is -0.582. The molecule has 1 aliphatic carbocycles. The van der Waals surface area contributed by atoms with Gasteiger partial charge in [-0.1, -0.05) is 25.1 Å². The van der Waals surface area contributed by atoms with Crippen molar-refractivity contribution in [1.29, 1.82) is 0 Å². The van der Waals surface area contributed by atoms with Gasteiger partial charge in [0.05, 0.1) is 12.5 Å². The number of aliphatic carboxylic acids is 1. The lowest BCUT2D eigenvalue weighted by Gasteiger charge is -2.27. The van der Waals surface area contributed by atoms with Crippen LogP contribution in [0, 0.1) is 26.7 Å². The molecule has 0 unspecified atom stereocenters. The fourth-order valence-electron chi connectivity index (χ4n) is 5.87. The molecule has 2 atom stereocenters. The molecule has 1 aliphatic heterocycles. The van der Waals surface area contributed by atoms with Crippen molar-refractivity contribution < 1.29 is 36.2 Å². The van der Waals surface area contributed by atoms with Gasteiger partial charge in [-0.15, -0.1) is 10.2 Å². The number of hydrogen-bond acceptors (Lipinski definition) is 7. The van der Waals surface area contributed by atoms with Crippen LogP contribution in [0.3, 0.4) is 0 Å². The van der Waals surface area contributed by atoms with Gasteiger partial charge in [-0.2, -0.15) is 17.5 Å². The molecule has 1 N–H and O–H groups in total. The Morgan fingerprint density at radius 3 is 2.52 bits per heavy atom. The van der Waals surface area contributed by atoms with Crippen molar-refractivity contribution in [3.8, 4) is 5.88 Å². The largest absolute Gasteiger partial charge is 0.481 e. The van der Waals surface area contributed by atoms with Gasteiger partial charge in [-0.3, -0.25) is 9.20 Å². The molecule has 232 valence electrons. The molecule has 0 radical (unpaired) electrons.